The number of nitrogens with zero attached hydrogens (tertiary/aromatic N) is 4. The third-order valence-corrected chi connectivity index (χ3v) is 8.51. The maximum atomic E-state index is 13.6. The van der Waals surface area contributed by atoms with Gasteiger partial charge >= 0.3 is 12.3 Å². The van der Waals surface area contributed by atoms with Gasteiger partial charge in [0.2, 0.25) is 5.82 Å². The molecule has 0 bridgehead atoms. The number of carbonyl (C=O) groups excluding carboxylic acids is 2. The highest BCUT2D eigenvalue weighted by Crippen LogP contribution is 2.41. The van der Waals surface area contributed by atoms with Crippen LogP contribution in [0.1, 0.15) is 80.8 Å². The number of alkyl halides is 3. The summed E-state index contributed by atoms with van der Waals surface area (Å²) in [4.78, 5) is 38.8. The molecule has 3 aromatic rings. The highest BCUT2D eigenvalue weighted by Gasteiger charge is 2.44. The fourth-order valence-electron chi connectivity index (χ4n) is 5.56. The van der Waals surface area contributed by atoms with E-state index in [-0.39, 0.29) is 12.4 Å². The molecule has 9 nitrogen and oxygen atoms in total. The van der Waals surface area contributed by atoms with Gasteiger partial charge in [-0.25, -0.2) is 14.8 Å². The van der Waals surface area contributed by atoms with Gasteiger partial charge in [0.05, 0.1) is 11.6 Å². The predicted octanol–water partition coefficient (Wildman–Crippen LogP) is 6.35. The summed E-state index contributed by atoms with van der Waals surface area (Å²) in [6.07, 6.45) is -1.13. The molecular formula is C34H41F3N6O3. The van der Waals surface area contributed by atoms with Crippen molar-refractivity contribution in [1.82, 2.24) is 25.5 Å². The monoisotopic (exact) mass is 638 g/mol. The lowest BCUT2D eigenvalue weighted by molar-refractivity contribution is -0.137. The Morgan fingerprint density at radius 1 is 1.00 bits per heavy atom. The van der Waals surface area contributed by atoms with Crippen molar-refractivity contribution in [2.24, 2.45) is 0 Å². The van der Waals surface area contributed by atoms with Gasteiger partial charge in [-0.2, -0.15) is 13.2 Å². The fraction of sp³-hybridized carbons (Fsp3) is 0.471. The summed E-state index contributed by atoms with van der Waals surface area (Å²) in [7, 11) is 0. The van der Waals surface area contributed by atoms with E-state index in [9.17, 15) is 22.8 Å². The van der Waals surface area contributed by atoms with Crippen LogP contribution in [0.25, 0.3) is 11.1 Å². The van der Waals surface area contributed by atoms with E-state index >= 15 is 0 Å². The van der Waals surface area contributed by atoms with E-state index in [0.717, 1.165) is 49.7 Å². The fourth-order valence-corrected chi connectivity index (χ4v) is 5.56. The van der Waals surface area contributed by atoms with Gasteiger partial charge in [0, 0.05) is 44.5 Å². The van der Waals surface area contributed by atoms with Crippen LogP contribution in [-0.4, -0.2) is 64.2 Å². The third-order valence-electron chi connectivity index (χ3n) is 8.51. The first-order chi connectivity index (χ1) is 21.6. The molecule has 1 saturated carbocycles. The number of piperazine rings is 1. The van der Waals surface area contributed by atoms with Crippen LogP contribution in [0.4, 0.5) is 23.8 Å². The number of aromatic nitrogens is 2. The number of hydrogen-bond donors (Lipinski definition) is 2. The van der Waals surface area contributed by atoms with E-state index < -0.39 is 35.4 Å². The van der Waals surface area contributed by atoms with Crippen molar-refractivity contribution in [2.45, 2.75) is 77.4 Å². The minimum Gasteiger partial charge on any atom is -0.444 e. The van der Waals surface area contributed by atoms with Crippen LogP contribution in [0.2, 0.25) is 0 Å². The van der Waals surface area contributed by atoms with Crippen molar-refractivity contribution in [2.75, 3.05) is 31.1 Å². The third kappa shape index (κ3) is 8.14. The topological polar surface area (TPSA) is 99.7 Å². The minimum absolute atomic E-state index is 0.0231. The highest BCUT2D eigenvalue weighted by molar-refractivity contribution is 5.91. The van der Waals surface area contributed by atoms with Crippen molar-refractivity contribution in [3.63, 3.8) is 0 Å². The second kappa shape index (κ2) is 12.9. The van der Waals surface area contributed by atoms with Crippen molar-refractivity contribution in [3.8, 4) is 11.1 Å². The van der Waals surface area contributed by atoms with Gasteiger partial charge in [-0.3, -0.25) is 9.69 Å². The number of halogens is 3. The molecule has 0 unspecified atom stereocenters. The second-order valence-electron chi connectivity index (χ2n) is 13.3. The molecule has 0 radical (unpaired) electrons. The predicted molar refractivity (Wildman–Crippen MR) is 169 cm³/mol. The molecule has 1 aliphatic heterocycles. The minimum atomic E-state index is -4.53. The summed E-state index contributed by atoms with van der Waals surface area (Å²) in [5, 5.41) is 5.55. The molecule has 46 heavy (non-hydrogen) atoms. The molecule has 5 rings (SSSR count). The van der Waals surface area contributed by atoms with E-state index in [4.69, 9.17) is 4.74 Å². The number of rotatable bonds is 8. The molecule has 0 spiro atoms. The van der Waals surface area contributed by atoms with Crippen molar-refractivity contribution in [3.05, 3.63) is 77.2 Å². The Morgan fingerprint density at radius 2 is 1.67 bits per heavy atom. The van der Waals surface area contributed by atoms with Crippen LogP contribution in [-0.2, 0) is 17.5 Å². The Kier molecular flexibility index (Phi) is 9.30. The molecule has 2 fully saturated rings. The Labute approximate surface area is 267 Å². The number of amides is 2. The maximum absolute atomic E-state index is 13.6. The lowest BCUT2D eigenvalue weighted by Gasteiger charge is -2.38. The smallest absolute Gasteiger partial charge is 0.416 e. The van der Waals surface area contributed by atoms with Gasteiger partial charge in [-0.15, -0.1) is 0 Å². The summed E-state index contributed by atoms with van der Waals surface area (Å²) in [6, 6.07) is 11.7. The molecular weight excluding hydrogens is 597 g/mol. The van der Waals surface area contributed by atoms with Crippen molar-refractivity contribution in [1.29, 1.82) is 0 Å². The van der Waals surface area contributed by atoms with E-state index in [0.29, 0.717) is 22.2 Å². The first kappa shape index (κ1) is 33.2. The normalized spacial score (nSPS) is 17.3. The molecule has 2 heterocycles. The molecule has 2 amide bonds. The molecule has 12 heteroatoms. The van der Waals surface area contributed by atoms with E-state index in [1.165, 1.54) is 18.9 Å². The van der Waals surface area contributed by atoms with E-state index in [1.54, 1.807) is 51.2 Å². The number of nitrogens with one attached hydrogen (secondary N) is 2. The molecule has 2 aliphatic rings. The summed E-state index contributed by atoms with van der Waals surface area (Å²) in [5.41, 5.74) is 0.924. The lowest BCUT2D eigenvalue weighted by atomic mass is 9.95. The van der Waals surface area contributed by atoms with Crippen LogP contribution >= 0.6 is 0 Å². The lowest BCUT2D eigenvalue weighted by Crippen LogP contribution is -2.51. The second-order valence-corrected chi connectivity index (χ2v) is 13.3. The summed E-state index contributed by atoms with van der Waals surface area (Å²) in [5.74, 6) is 0.371. The number of hydrogen-bond acceptors (Lipinski definition) is 7. The van der Waals surface area contributed by atoms with Gasteiger partial charge in [0.25, 0.3) is 5.91 Å². The van der Waals surface area contributed by atoms with Gasteiger partial charge in [-0.05, 0) is 87.9 Å². The summed E-state index contributed by atoms with van der Waals surface area (Å²) < 4.78 is 46.0. The van der Waals surface area contributed by atoms with Gasteiger partial charge in [-0.1, -0.05) is 30.3 Å². The largest absolute Gasteiger partial charge is 0.444 e. The zero-order valence-corrected chi connectivity index (χ0v) is 26.9. The van der Waals surface area contributed by atoms with Crippen LogP contribution in [0.3, 0.4) is 0 Å². The van der Waals surface area contributed by atoms with Crippen LogP contribution in [0.15, 0.2) is 54.7 Å². The summed E-state index contributed by atoms with van der Waals surface area (Å²) >= 11 is 0. The zero-order valence-electron chi connectivity index (χ0n) is 26.9. The standard InChI is InChI=1S/C34H41F3N6O3/c1-22(40-30(44)29-38-15-12-28(41-29)42-16-18-43(19-17-42)33(5)13-14-33)23-6-8-24(9-7-23)27-20-26(34(35,36)37)11-10-25(27)21-39-31(45)46-32(2,3)4/h6-12,15,20,22H,13-14,16-19,21H2,1-5H3,(H,39,45)(H,40,44)/t22-/m1/s1. The van der Waals surface area contributed by atoms with Gasteiger partial charge in [0.15, 0.2) is 0 Å². The van der Waals surface area contributed by atoms with Crippen LogP contribution in [0.5, 0.6) is 0 Å². The van der Waals surface area contributed by atoms with Crippen molar-refractivity contribution < 1.29 is 27.5 Å². The Morgan fingerprint density at radius 3 is 2.28 bits per heavy atom. The van der Waals surface area contributed by atoms with E-state index in [1.807, 2.05) is 13.0 Å². The molecule has 1 aliphatic carbocycles. The summed E-state index contributed by atoms with van der Waals surface area (Å²) in [6.45, 7) is 12.9. The number of benzene rings is 2. The highest BCUT2D eigenvalue weighted by atomic mass is 19.4. The Balaban J connectivity index is 1.25. The maximum Gasteiger partial charge on any atom is 0.416 e. The van der Waals surface area contributed by atoms with Crippen LogP contribution < -0.4 is 15.5 Å². The first-order valence-corrected chi connectivity index (χ1v) is 15.5. The number of alkyl carbamates (subject to hydrolysis) is 1. The molecule has 1 atom stereocenters. The molecule has 2 N–H and O–H groups in total. The van der Waals surface area contributed by atoms with Gasteiger partial charge < -0.3 is 20.3 Å². The Hall–Kier alpha value is -4.19. The number of ether oxygens (including phenoxy) is 1. The van der Waals surface area contributed by atoms with Gasteiger partial charge in [0.1, 0.15) is 11.4 Å². The quantitative estimate of drug-likeness (QED) is 0.297. The average molecular weight is 639 g/mol. The Bertz CT molecular complexity index is 1560. The number of anilines is 1. The molecule has 246 valence electrons. The van der Waals surface area contributed by atoms with Crippen molar-refractivity contribution >= 4 is 17.8 Å². The molecule has 1 aromatic heterocycles. The molecule has 2 aromatic carbocycles. The van der Waals surface area contributed by atoms with Crippen LogP contribution in [0, 0.1) is 0 Å². The average Bonchev–Trinajstić information content (AvgIpc) is 3.77. The molecule has 1 saturated heterocycles. The first-order valence-electron chi connectivity index (χ1n) is 15.5. The SMILES string of the molecule is C[C@@H](NC(=O)c1nccc(N2CCN(C3(C)CC3)CC2)n1)c1ccc(-c2cc(C(F)(F)F)ccc2CNC(=O)OC(C)(C)C)cc1. The van der Waals surface area contributed by atoms with E-state index in [2.05, 4.69) is 37.3 Å². The zero-order chi connectivity index (χ0) is 33.3. The number of carbonyl (C=O) groups is 2.